The van der Waals surface area contributed by atoms with Gasteiger partial charge >= 0.3 is 0 Å². The van der Waals surface area contributed by atoms with Crippen LogP contribution in [-0.2, 0) is 0 Å². The van der Waals surface area contributed by atoms with Crippen molar-refractivity contribution < 1.29 is 0 Å². The van der Waals surface area contributed by atoms with Gasteiger partial charge in [0, 0.05) is 32.8 Å². The summed E-state index contributed by atoms with van der Waals surface area (Å²) >= 11 is 0. The lowest BCUT2D eigenvalue weighted by Crippen LogP contribution is -1.97. The molecule has 0 saturated carbocycles. The van der Waals surface area contributed by atoms with Crippen molar-refractivity contribution in [3.05, 3.63) is 139 Å². The fourth-order valence-electron chi connectivity index (χ4n) is 6.67. The lowest BCUT2D eigenvalue weighted by Gasteiger charge is -2.11. The van der Waals surface area contributed by atoms with Gasteiger partial charge in [-0.05, 0) is 72.6 Å². The number of imidazole rings is 1. The Bertz CT molecular complexity index is 2430. The number of benzene rings is 6. The van der Waals surface area contributed by atoms with Gasteiger partial charge in [-0.2, -0.15) is 0 Å². The zero-order valence-corrected chi connectivity index (χ0v) is 22.5. The second kappa shape index (κ2) is 8.30. The quantitative estimate of drug-likeness (QED) is 0.226. The molecule has 192 valence electrons. The first-order valence-corrected chi connectivity index (χ1v) is 14.1. The van der Waals surface area contributed by atoms with E-state index in [0.29, 0.717) is 0 Å². The second-order valence-corrected chi connectivity index (χ2v) is 11.0. The summed E-state index contributed by atoms with van der Waals surface area (Å²) in [5, 5.41) is 5.23. The Kier molecular flexibility index (Phi) is 4.53. The molecule has 0 spiro atoms. The third-order valence-electron chi connectivity index (χ3n) is 8.50. The van der Waals surface area contributed by atoms with E-state index in [1.165, 1.54) is 54.8 Å². The minimum Gasteiger partial charge on any atom is -0.308 e. The molecule has 9 rings (SSSR count). The summed E-state index contributed by atoms with van der Waals surface area (Å²) in [6, 6.07) is 48.0. The van der Waals surface area contributed by atoms with Gasteiger partial charge in [0.05, 0.1) is 27.6 Å². The molecule has 3 aromatic heterocycles. The van der Waals surface area contributed by atoms with Crippen molar-refractivity contribution in [3.8, 4) is 28.2 Å². The number of hydrogen-bond acceptors (Lipinski definition) is 1. The summed E-state index contributed by atoms with van der Waals surface area (Å²) in [5.74, 6) is 0.947. The highest BCUT2D eigenvalue weighted by Gasteiger charge is 2.18. The van der Waals surface area contributed by atoms with Crippen molar-refractivity contribution in [1.82, 2.24) is 14.0 Å². The van der Waals surface area contributed by atoms with Crippen LogP contribution in [0.1, 0.15) is 5.56 Å². The van der Waals surface area contributed by atoms with E-state index in [0.717, 1.165) is 28.1 Å². The molecule has 0 bridgehead atoms. The second-order valence-electron chi connectivity index (χ2n) is 11.0. The van der Waals surface area contributed by atoms with Crippen molar-refractivity contribution in [2.45, 2.75) is 6.92 Å². The minimum absolute atomic E-state index is 0.947. The van der Waals surface area contributed by atoms with Gasteiger partial charge in [-0.25, -0.2) is 4.98 Å². The van der Waals surface area contributed by atoms with Gasteiger partial charge < -0.3 is 4.40 Å². The van der Waals surface area contributed by atoms with Crippen LogP contribution < -0.4 is 0 Å². The topological polar surface area (TPSA) is 22.2 Å². The highest BCUT2D eigenvalue weighted by molar-refractivity contribution is 6.23. The van der Waals surface area contributed by atoms with E-state index >= 15 is 0 Å². The SMILES string of the molecule is Cc1ccc2c(c1)c1cccc3c4cc(-c5cccc(-c6nc7ccccc7n6-c6ccccc6)c5)ccc4n2c13. The van der Waals surface area contributed by atoms with Crippen LogP contribution in [0.25, 0.3) is 77.3 Å². The molecule has 0 amide bonds. The van der Waals surface area contributed by atoms with E-state index in [4.69, 9.17) is 4.98 Å². The zero-order valence-electron chi connectivity index (χ0n) is 22.5. The van der Waals surface area contributed by atoms with Crippen molar-refractivity contribution >= 4 is 49.1 Å². The number of fused-ring (bicyclic) bond motifs is 7. The van der Waals surface area contributed by atoms with E-state index in [2.05, 4.69) is 149 Å². The van der Waals surface area contributed by atoms with Crippen molar-refractivity contribution in [3.63, 3.8) is 0 Å². The lowest BCUT2D eigenvalue weighted by molar-refractivity contribution is 1.10. The van der Waals surface area contributed by atoms with Crippen molar-refractivity contribution in [2.24, 2.45) is 0 Å². The standard InChI is InChI=1S/C38H25N3/c1-24-17-19-34-31(21-24)29-13-8-14-30-32-23-26(18-20-35(32)41(34)37(29)30)25-9-7-10-27(22-25)38-39-33-15-5-6-16-36(33)40(38)28-11-3-2-4-12-28/h2-23H,1H3. The Labute approximate surface area is 236 Å². The maximum atomic E-state index is 5.09. The zero-order chi connectivity index (χ0) is 27.1. The van der Waals surface area contributed by atoms with Gasteiger partial charge in [-0.1, -0.05) is 84.4 Å². The smallest absolute Gasteiger partial charge is 0.145 e. The Balaban J connectivity index is 1.25. The number of hydrogen-bond donors (Lipinski definition) is 0. The highest BCUT2D eigenvalue weighted by atomic mass is 15.1. The van der Waals surface area contributed by atoms with Crippen molar-refractivity contribution in [1.29, 1.82) is 0 Å². The van der Waals surface area contributed by atoms with Crippen LogP contribution in [0.15, 0.2) is 133 Å². The molecule has 0 radical (unpaired) electrons. The predicted octanol–water partition coefficient (Wildman–Crippen LogP) is 9.82. The van der Waals surface area contributed by atoms with E-state index in [9.17, 15) is 0 Å². The first kappa shape index (κ1) is 22.4. The van der Waals surface area contributed by atoms with Gasteiger partial charge in [0.25, 0.3) is 0 Å². The molecule has 0 saturated heterocycles. The Morgan fingerprint density at radius 1 is 0.488 bits per heavy atom. The monoisotopic (exact) mass is 523 g/mol. The maximum absolute atomic E-state index is 5.09. The third kappa shape index (κ3) is 3.17. The van der Waals surface area contributed by atoms with Crippen molar-refractivity contribution in [2.75, 3.05) is 0 Å². The summed E-state index contributed by atoms with van der Waals surface area (Å²) in [7, 11) is 0. The van der Waals surface area contributed by atoms with Crippen LogP contribution in [0.2, 0.25) is 0 Å². The Hall–Kier alpha value is -5.41. The fourth-order valence-corrected chi connectivity index (χ4v) is 6.67. The van der Waals surface area contributed by atoms with E-state index in [1.807, 2.05) is 0 Å². The van der Waals surface area contributed by atoms with Gasteiger partial charge in [0.2, 0.25) is 0 Å². The first-order valence-electron chi connectivity index (χ1n) is 14.1. The largest absolute Gasteiger partial charge is 0.308 e. The number of para-hydroxylation sites is 4. The summed E-state index contributed by atoms with van der Waals surface area (Å²) in [6.45, 7) is 2.17. The molecule has 3 heterocycles. The molecule has 0 aliphatic heterocycles. The Morgan fingerprint density at radius 2 is 1.17 bits per heavy atom. The first-order chi connectivity index (χ1) is 20.2. The number of aromatic nitrogens is 3. The molecular weight excluding hydrogens is 498 g/mol. The molecule has 0 fully saturated rings. The van der Waals surface area contributed by atoms with Crippen LogP contribution in [-0.4, -0.2) is 14.0 Å². The molecule has 3 nitrogen and oxygen atoms in total. The average Bonchev–Trinajstić information content (AvgIpc) is 3.68. The molecular formula is C38H25N3. The molecule has 6 aromatic carbocycles. The van der Waals surface area contributed by atoms with E-state index in [-0.39, 0.29) is 0 Å². The predicted molar refractivity (Wildman–Crippen MR) is 171 cm³/mol. The van der Waals surface area contributed by atoms with Gasteiger partial charge in [-0.15, -0.1) is 0 Å². The summed E-state index contributed by atoms with van der Waals surface area (Å²) < 4.78 is 4.70. The van der Waals surface area contributed by atoms with E-state index < -0.39 is 0 Å². The summed E-state index contributed by atoms with van der Waals surface area (Å²) in [5.41, 5.74) is 11.8. The van der Waals surface area contributed by atoms with Gasteiger partial charge in [0.15, 0.2) is 0 Å². The number of nitrogens with zero attached hydrogens (tertiary/aromatic N) is 3. The Morgan fingerprint density at radius 3 is 2.02 bits per heavy atom. The van der Waals surface area contributed by atoms with Crippen LogP contribution in [0.3, 0.4) is 0 Å². The van der Waals surface area contributed by atoms with Crippen LogP contribution >= 0.6 is 0 Å². The number of rotatable bonds is 3. The van der Waals surface area contributed by atoms with Gasteiger partial charge in [-0.3, -0.25) is 4.57 Å². The van der Waals surface area contributed by atoms with Crippen LogP contribution in [0.5, 0.6) is 0 Å². The fraction of sp³-hybridized carbons (Fsp3) is 0.0263. The average molecular weight is 524 g/mol. The molecule has 3 heteroatoms. The molecule has 0 aliphatic carbocycles. The number of aryl methyl sites for hydroxylation is 1. The highest BCUT2D eigenvalue weighted by Crippen LogP contribution is 2.41. The molecule has 0 atom stereocenters. The summed E-state index contributed by atoms with van der Waals surface area (Å²) in [6.07, 6.45) is 0. The van der Waals surface area contributed by atoms with Crippen LogP contribution in [0.4, 0.5) is 0 Å². The molecule has 41 heavy (non-hydrogen) atoms. The lowest BCUT2D eigenvalue weighted by atomic mass is 10.00. The van der Waals surface area contributed by atoms with E-state index in [1.54, 1.807) is 0 Å². The summed E-state index contributed by atoms with van der Waals surface area (Å²) in [4.78, 5) is 5.09. The molecule has 0 unspecified atom stereocenters. The van der Waals surface area contributed by atoms with Crippen LogP contribution in [0, 0.1) is 6.92 Å². The van der Waals surface area contributed by atoms with Gasteiger partial charge in [0.1, 0.15) is 5.82 Å². The molecule has 9 aromatic rings. The minimum atomic E-state index is 0.947. The third-order valence-corrected chi connectivity index (χ3v) is 8.50. The maximum Gasteiger partial charge on any atom is 0.145 e. The normalized spacial score (nSPS) is 12.0. The molecule has 0 aliphatic rings. The molecule has 0 N–H and O–H groups in total.